The van der Waals surface area contributed by atoms with Crippen LogP contribution in [0.25, 0.3) is 0 Å². The van der Waals surface area contributed by atoms with Crippen molar-refractivity contribution in [2.75, 3.05) is 14.2 Å². The van der Waals surface area contributed by atoms with Gasteiger partial charge in [-0.1, -0.05) is 12.1 Å². The van der Waals surface area contributed by atoms with Crippen LogP contribution in [0.5, 0.6) is 5.75 Å². The maximum atomic E-state index is 13.0. The summed E-state index contributed by atoms with van der Waals surface area (Å²) in [5.41, 5.74) is 1.60. The van der Waals surface area contributed by atoms with Crippen molar-refractivity contribution >= 4 is 5.97 Å². The van der Waals surface area contributed by atoms with Crippen LogP contribution in [0, 0.1) is 0 Å². The molecule has 0 spiro atoms. The van der Waals surface area contributed by atoms with Crippen LogP contribution in [0.1, 0.15) is 5.56 Å². The molecule has 0 heterocycles. The van der Waals surface area contributed by atoms with Crippen LogP contribution in [0.3, 0.4) is 0 Å². The highest BCUT2D eigenvalue weighted by Gasteiger charge is 2.60. The van der Waals surface area contributed by atoms with Crippen LogP contribution in [-0.2, 0) is 15.1 Å². The van der Waals surface area contributed by atoms with Gasteiger partial charge < -0.3 is 15.2 Å². The minimum absolute atomic E-state index is 0.355. The van der Waals surface area contributed by atoms with Gasteiger partial charge in [-0.2, -0.15) is 13.2 Å². The Kier molecular flexibility index (Phi) is 3.85. The lowest BCUT2D eigenvalue weighted by atomic mass is 9.90. The number of hydrogen-bond donors (Lipinski definition) is 1. The third-order valence-electron chi connectivity index (χ3n) is 2.50. The van der Waals surface area contributed by atoms with Crippen molar-refractivity contribution in [1.29, 1.82) is 0 Å². The van der Waals surface area contributed by atoms with Gasteiger partial charge in [-0.05, 0) is 17.7 Å². The van der Waals surface area contributed by atoms with Crippen LogP contribution < -0.4 is 10.5 Å². The molecule has 0 aromatic heterocycles. The summed E-state index contributed by atoms with van der Waals surface area (Å²) in [6, 6.07) is 4.71. The lowest BCUT2D eigenvalue weighted by molar-refractivity contribution is -0.206. The van der Waals surface area contributed by atoms with Gasteiger partial charge in [0.05, 0.1) is 14.2 Å². The molecule has 4 nitrogen and oxygen atoms in total. The quantitative estimate of drug-likeness (QED) is 0.841. The second-order valence-electron chi connectivity index (χ2n) is 3.53. The van der Waals surface area contributed by atoms with Crippen molar-refractivity contribution in [3.05, 3.63) is 29.8 Å². The predicted octanol–water partition coefficient (Wildman–Crippen LogP) is 1.58. The summed E-state index contributed by atoms with van der Waals surface area (Å²) >= 11 is 0. The second-order valence-corrected chi connectivity index (χ2v) is 3.53. The summed E-state index contributed by atoms with van der Waals surface area (Å²) in [4.78, 5) is 11.3. The monoisotopic (exact) mass is 263 g/mol. The van der Waals surface area contributed by atoms with E-state index in [1.54, 1.807) is 0 Å². The van der Waals surface area contributed by atoms with E-state index in [2.05, 4.69) is 4.74 Å². The van der Waals surface area contributed by atoms with Gasteiger partial charge in [0.25, 0.3) is 0 Å². The van der Waals surface area contributed by atoms with Crippen molar-refractivity contribution in [2.24, 2.45) is 5.73 Å². The lowest BCUT2D eigenvalue weighted by Gasteiger charge is -2.29. The van der Waals surface area contributed by atoms with Crippen molar-refractivity contribution < 1.29 is 27.4 Å². The maximum Gasteiger partial charge on any atom is 0.421 e. The third kappa shape index (κ3) is 2.26. The number of carbonyl (C=O) groups excluding carboxylic acids is 1. The Labute approximate surface area is 101 Å². The third-order valence-corrected chi connectivity index (χ3v) is 2.50. The molecule has 0 bridgehead atoms. The van der Waals surface area contributed by atoms with E-state index in [0.717, 1.165) is 19.2 Å². The number of ether oxygens (including phenoxy) is 2. The summed E-state index contributed by atoms with van der Waals surface area (Å²) in [5, 5.41) is 0. The second kappa shape index (κ2) is 4.85. The molecule has 0 saturated carbocycles. The molecule has 1 atom stereocenters. The minimum Gasteiger partial charge on any atom is -0.497 e. The van der Waals surface area contributed by atoms with Crippen molar-refractivity contribution in [3.8, 4) is 5.75 Å². The molecule has 1 aromatic carbocycles. The molecule has 0 fully saturated rings. The van der Waals surface area contributed by atoms with E-state index >= 15 is 0 Å². The Bertz CT molecular complexity index is 430. The van der Waals surface area contributed by atoms with E-state index in [1.807, 2.05) is 0 Å². The molecule has 0 radical (unpaired) electrons. The highest BCUT2D eigenvalue weighted by atomic mass is 19.4. The summed E-state index contributed by atoms with van der Waals surface area (Å²) in [6.45, 7) is 0. The highest BCUT2D eigenvalue weighted by molar-refractivity contribution is 5.83. The molecule has 0 aliphatic rings. The molecule has 0 amide bonds. The first kappa shape index (κ1) is 14.3. The standard InChI is InChI=1S/C11H12F3NO3/c1-17-8-5-3-7(4-6-8)10(15,9(16)18-2)11(12,13)14/h3-6H,15H2,1-2H3/t10-/m1/s1. The summed E-state index contributed by atoms with van der Waals surface area (Å²) < 4.78 is 47.8. The Balaban J connectivity index is 3.30. The number of carbonyl (C=O) groups is 1. The smallest absolute Gasteiger partial charge is 0.421 e. The highest BCUT2D eigenvalue weighted by Crippen LogP contribution is 2.38. The maximum absolute atomic E-state index is 13.0. The minimum atomic E-state index is -4.96. The van der Waals surface area contributed by atoms with Crippen molar-refractivity contribution in [1.82, 2.24) is 0 Å². The fourth-order valence-electron chi connectivity index (χ4n) is 1.41. The number of methoxy groups -OCH3 is 2. The van der Waals surface area contributed by atoms with E-state index in [0.29, 0.717) is 5.75 Å². The Morgan fingerprint density at radius 2 is 1.67 bits per heavy atom. The summed E-state index contributed by atoms with van der Waals surface area (Å²) in [6.07, 6.45) is -4.96. The van der Waals surface area contributed by atoms with Crippen LogP contribution in [0.4, 0.5) is 13.2 Å². The molecule has 100 valence electrons. The van der Waals surface area contributed by atoms with Gasteiger partial charge >= 0.3 is 12.1 Å². The fourth-order valence-corrected chi connectivity index (χ4v) is 1.41. The predicted molar refractivity (Wildman–Crippen MR) is 56.9 cm³/mol. The van der Waals surface area contributed by atoms with Gasteiger partial charge in [-0.15, -0.1) is 0 Å². The van der Waals surface area contributed by atoms with Gasteiger partial charge in [0.2, 0.25) is 5.54 Å². The molecule has 0 aliphatic heterocycles. The fraction of sp³-hybridized carbons (Fsp3) is 0.364. The number of benzene rings is 1. The number of esters is 1. The first-order chi connectivity index (χ1) is 8.27. The number of nitrogens with two attached hydrogens (primary N) is 1. The molecule has 1 aromatic rings. The van der Waals surface area contributed by atoms with Crippen molar-refractivity contribution in [2.45, 2.75) is 11.7 Å². The Hall–Kier alpha value is -1.76. The topological polar surface area (TPSA) is 61.5 Å². The molecule has 2 N–H and O–H groups in total. The van der Waals surface area contributed by atoms with E-state index < -0.39 is 23.2 Å². The zero-order valence-corrected chi connectivity index (χ0v) is 9.75. The SMILES string of the molecule is COC(=O)[C@](N)(c1ccc(OC)cc1)C(F)(F)F. The molecular formula is C11H12F3NO3. The summed E-state index contributed by atoms with van der Waals surface area (Å²) in [5.74, 6) is -1.21. The normalized spacial score (nSPS) is 14.8. The average Bonchev–Trinajstić information content (AvgIpc) is 2.35. The van der Waals surface area contributed by atoms with E-state index in [1.165, 1.54) is 19.2 Å². The lowest BCUT2D eigenvalue weighted by Crippen LogP contribution is -2.57. The summed E-state index contributed by atoms with van der Waals surface area (Å²) in [7, 11) is 2.22. The zero-order valence-electron chi connectivity index (χ0n) is 9.75. The van der Waals surface area contributed by atoms with Crippen LogP contribution >= 0.6 is 0 Å². The van der Waals surface area contributed by atoms with Gasteiger partial charge in [0, 0.05) is 0 Å². The molecule has 0 aliphatic carbocycles. The molecular weight excluding hydrogens is 251 g/mol. The first-order valence-corrected chi connectivity index (χ1v) is 4.86. The molecule has 1 rings (SSSR count). The number of rotatable bonds is 3. The van der Waals surface area contributed by atoms with E-state index in [9.17, 15) is 18.0 Å². The number of halogens is 3. The van der Waals surface area contributed by atoms with E-state index in [-0.39, 0.29) is 0 Å². The van der Waals surface area contributed by atoms with Gasteiger partial charge in [0.15, 0.2) is 0 Å². The molecule has 0 saturated heterocycles. The Morgan fingerprint density at radius 1 is 1.17 bits per heavy atom. The number of alkyl halides is 3. The molecule has 7 heteroatoms. The van der Waals surface area contributed by atoms with Crippen molar-refractivity contribution in [3.63, 3.8) is 0 Å². The Morgan fingerprint density at radius 3 is 2.00 bits per heavy atom. The molecule has 0 unspecified atom stereocenters. The largest absolute Gasteiger partial charge is 0.497 e. The number of hydrogen-bond acceptors (Lipinski definition) is 4. The van der Waals surface area contributed by atoms with Gasteiger partial charge in [-0.3, -0.25) is 0 Å². The van der Waals surface area contributed by atoms with Gasteiger partial charge in [0.1, 0.15) is 5.75 Å². The van der Waals surface area contributed by atoms with Crippen LogP contribution in [-0.4, -0.2) is 26.4 Å². The zero-order chi connectivity index (χ0) is 14.0. The van der Waals surface area contributed by atoms with Crippen LogP contribution in [0.2, 0.25) is 0 Å². The van der Waals surface area contributed by atoms with Crippen LogP contribution in [0.15, 0.2) is 24.3 Å². The molecule has 18 heavy (non-hydrogen) atoms. The van der Waals surface area contributed by atoms with E-state index in [4.69, 9.17) is 10.5 Å². The average molecular weight is 263 g/mol. The first-order valence-electron chi connectivity index (χ1n) is 4.86. The van der Waals surface area contributed by atoms with Gasteiger partial charge in [-0.25, -0.2) is 4.79 Å².